The molecule has 2 atom stereocenters. The Kier molecular flexibility index (Phi) is 5.69. The molecule has 2 aromatic rings. The number of benzene rings is 2. The molecule has 1 N–H and O–H groups in total. The maximum atomic E-state index is 13.2. The fraction of sp³-hybridized carbons (Fsp3) is 0.391. The first-order valence-electron chi connectivity index (χ1n) is 10.2. The molecule has 6 heteroatoms. The van der Waals surface area contributed by atoms with Crippen LogP contribution in [-0.4, -0.2) is 36.5 Å². The summed E-state index contributed by atoms with van der Waals surface area (Å²) < 4.78 is 11.1. The maximum absolute atomic E-state index is 13.2. The highest BCUT2D eigenvalue weighted by Gasteiger charge is 2.34. The van der Waals surface area contributed by atoms with Crippen molar-refractivity contribution in [3.63, 3.8) is 0 Å². The van der Waals surface area contributed by atoms with Crippen molar-refractivity contribution in [3.05, 3.63) is 54.1 Å². The van der Waals surface area contributed by atoms with Crippen molar-refractivity contribution in [2.24, 2.45) is 0 Å². The Bertz CT molecular complexity index is 881. The van der Waals surface area contributed by atoms with Crippen LogP contribution in [0.25, 0.3) is 0 Å². The molecule has 29 heavy (non-hydrogen) atoms. The Balaban J connectivity index is 1.51. The van der Waals surface area contributed by atoms with E-state index in [-0.39, 0.29) is 24.3 Å². The summed E-state index contributed by atoms with van der Waals surface area (Å²) in [7, 11) is 1.64. The fourth-order valence-corrected chi connectivity index (χ4v) is 4.08. The molecule has 0 unspecified atom stereocenters. The van der Waals surface area contributed by atoms with E-state index in [1.807, 2.05) is 41.3 Å². The van der Waals surface area contributed by atoms with Crippen molar-refractivity contribution in [2.45, 2.75) is 44.2 Å². The summed E-state index contributed by atoms with van der Waals surface area (Å²) in [5.74, 6) is 1.08. The lowest BCUT2D eigenvalue weighted by molar-refractivity contribution is -0.139. The molecule has 6 nitrogen and oxygen atoms in total. The number of carbonyl (C=O) groups excluding carboxylic acids is 2. The number of carbonyl (C=O) groups is 2. The number of rotatable bonds is 4. The zero-order chi connectivity index (χ0) is 20.2. The third-order valence-corrected chi connectivity index (χ3v) is 5.64. The molecule has 0 radical (unpaired) electrons. The van der Waals surface area contributed by atoms with Crippen LogP contribution in [0.3, 0.4) is 0 Å². The number of nitrogens with one attached hydrogen (secondary N) is 1. The number of anilines is 1. The van der Waals surface area contributed by atoms with E-state index >= 15 is 0 Å². The summed E-state index contributed by atoms with van der Waals surface area (Å²) in [6.45, 7) is 0.695. The molecule has 2 amide bonds. The first-order valence-corrected chi connectivity index (χ1v) is 10.2. The summed E-state index contributed by atoms with van der Waals surface area (Å²) in [5, 5.41) is 2.84. The van der Waals surface area contributed by atoms with Gasteiger partial charge in [-0.15, -0.1) is 0 Å². The predicted octanol–water partition coefficient (Wildman–Crippen LogP) is 3.93. The summed E-state index contributed by atoms with van der Waals surface area (Å²) in [4.78, 5) is 27.6. The molecular formula is C23H26N2O4. The normalized spacial score (nSPS) is 21.4. The zero-order valence-corrected chi connectivity index (χ0v) is 16.6. The van der Waals surface area contributed by atoms with E-state index in [0.29, 0.717) is 18.0 Å². The van der Waals surface area contributed by atoms with Gasteiger partial charge in [-0.05, 0) is 42.7 Å². The summed E-state index contributed by atoms with van der Waals surface area (Å²) in [6, 6.07) is 15.2. The van der Waals surface area contributed by atoms with Crippen LogP contribution < -0.4 is 14.8 Å². The second-order valence-corrected chi connectivity index (χ2v) is 7.52. The molecule has 2 aromatic carbocycles. The van der Waals surface area contributed by atoms with Crippen molar-refractivity contribution in [2.75, 3.05) is 19.0 Å². The van der Waals surface area contributed by atoms with Crippen LogP contribution in [0.1, 0.15) is 43.7 Å². The van der Waals surface area contributed by atoms with Crippen LogP contribution in [0.2, 0.25) is 0 Å². The molecule has 4 rings (SSSR count). The Morgan fingerprint density at radius 2 is 1.93 bits per heavy atom. The molecule has 1 saturated heterocycles. The van der Waals surface area contributed by atoms with E-state index in [1.165, 1.54) is 0 Å². The first kappa shape index (κ1) is 19.3. The number of fused-ring (bicyclic) bond motifs is 1. The molecule has 2 heterocycles. The monoisotopic (exact) mass is 394 g/mol. The predicted molar refractivity (Wildman–Crippen MR) is 110 cm³/mol. The number of methoxy groups -OCH3 is 1. The second-order valence-electron chi connectivity index (χ2n) is 7.52. The van der Waals surface area contributed by atoms with Gasteiger partial charge >= 0.3 is 0 Å². The van der Waals surface area contributed by atoms with E-state index < -0.39 is 6.10 Å². The van der Waals surface area contributed by atoms with Crippen LogP contribution >= 0.6 is 0 Å². The maximum Gasteiger partial charge on any atom is 0.266 e. The van der Waals surface area contributed by atoms with Gasteiger partial charge in [-0.25, -0.2) is 0 Å². The zero-order valence-electron chi connectivity index (χ0n) is 16.6. The van der Waals surface area contributed by atoms with Gasteiger partial charge in [0.05, 0.1) is 25.3 Å². The number of amides is 2. The van der Waals surface area contributed by atoms with E-state index in [9.17, 15) is 9.59 Å². The van der Waals surface area contributed by atoms with Gasteiger partial charge in [0.25, 0.3) is 5.91 Å². The van der Waals surface area contributed by atoms with Crippen LogP contribution in [0.4, 0.5) is 5.69 Å². The standard InChI is InChI=1S/C23H26N2O4/c1-28-17-12-10-16(11-13-17)19-8-3-2-6-14-25(19)22(26)15-21-23(27)24-18-7-4-5-9-20(18)29-21/h4-5,7,9-13,19,21H,2-3,6,8,14-15H2,1H3,(H,24,27)/t19-,21-/m1/s1. The number of ether oxygens (including phenoxy) is 2. The van der Waals surface area contributed by atoms with E-state index in [2.05, 4.69) is 5.32 Å². The number of hydrogen-bond acceptors (Lipinski definition) is 4. The molecule has 0 aromatic heterocycles. The highest BCUT2D eigenvalue weighted by molar-refractivity contribution is 6.00. The number of likely N-dealkylation sites (tertiary alicyclic amines) is 1. The average molecular weight is 394 g/mol. The third kappa shape index (κ3) is 4.21. The van der Waals surface area contributed by atoms with Crippen LogP contribution in [0.15, 0.2) is 48.5 Å². The quantitative estimate of drug-likeness (QED) is 0.853. The minimum atomic E-state index is -0.808. The van der Waals surface area contributed by atoms with Crippen molar-refractivity contribution in [3.8, 4) is 11.5 Å². The average Bonchev–Trinajstić information content (AvgIpc) is 3.00. The van der Waals surface area contributed by atoms with Gasteiger partial charge in [-0.3, -0.25) is 9.59 Å². The Hall–Kier alpha value is -3.02. The lowest BCUT2D eigenvalue weighted by Gasteiger charge is -2.33. The fourth-order valence-electron chi connectivity index (χ4n) is 4.08. The summed E-state index contributed by atoms with van der Waals surface area (Å²) in [5.41, 5.74) is 1.74. The van der Waals surface area contributed by atoms with Crippen molar-refractivity contribution in [1.82, 2.24) is 4.90 Å². The third-order valence-electron chi connectivity index (χ3n) is 5.64. The van der Waals surface area contributed by atoms with Gasteiger partial charge in [-0.2, -0.15) is 0 Å². The molecule has 152 valence electrons. The smallest absolute Gasteiger partial charge is 0.266 e. The van der Waals surface area contributed by atoms with Crippen LogP contribution in [0.5, 0.6) is 11.5 Å². The highest BCUT2D eigenvalue weighted by Crippen LogP contribution is 2.33. The molecule has 2 aliphatic heterocycles. The molecule has 2 aliphatic rings. The first-order chi connectivity index (χ1) is 14.2. The van der Waals surface area contributed by atoms with Gasteiger partial charge < -0.3 is 19.7 Å². The number of hydrogen-bond donors (Lipinski definition) is 1. The summed E-state index contributed by atoms with van der Waals surface area (Å²) in [6.07, 6.45) is 3.29. The Morgan fingerprint density at radius 3 is 2.72 bits per heavy atom. The van der Waals surface area contributed by atoms with Crippen LogP contribution in [-0.2, 0) is 9.59 Å². The molecule has 0 saturated carbocycles. The van der Waals surface area contributed by atoms with Crippen molar-refractivity contribution in [1.29, 1.82) is 0 Å². The molecular weight excluding hydrogens is 368 g/mol. The minimum absolute atomic E-state index is 0.00911. The molecule has 0 aliphatic carbocycles. The number of para-hydroxylation sites is 2. The van der Waals surface area contributed by atoms with Gasteiger partial charge in [0.1, 0.15) is 11.5 Å². The number of nitrogens with zero attached hydrogens (tertiary/aromatic N) is 1. The summed E-state index contributed by atoms with van der Waals surface area (Å²) >= 11 is 0. The van der Waals surface area contributed by atoms with Gasteiger partial charge in [0.2, 0.25) is 5.91 Å². The van der Waals surface area contributed by atoms with E-state index in [1.54, 1.807) is 19.2 Å². The molecule has 0 spiro atoms. The lowest BCUT2D eigenvalue weighted by atomic mass is 10.00. The highest BCUT2D eigenvalue weighted by atomic mass is 16.5. The topological polar surface area (TPSA) is 67.9 Å². The van der Waals surface area contributed by atoms with Gasteiger partial charge in [0, 0.05) is 6.54 Å². The largest absolute Gasteiger partial charge is 0.497 e. The lowest BCUT2D eigenvalue weighted by Crippen LogP contribution is -2.43. The van der Waals surface area contributed by atoms with E-state index in [0.717, 1.165) is 37.0 Å². The Morgan fingerprint density at radius 1 is 1.14 bits per heavy atom. The van der Waals surface area contributed by atoms with Crippen LogP contribution in [0, 0.1) is 0 Å². The second kappa shape index (κ2) is 8.55. The SMILES string of the molecule is COc1ccc([C@H]2CCCCCN2C(=O)C[C@H]2Oc3ccccc3NC2=O)cc1. The van der Waals surface area contributed by atoms with Crippen molar-refractivity contribution < 1.29 is 19.1 Å². The van der Waals surface area contributed by atoms with Gasteiger partial charge in [-0.1, -0.05) is 37.1 Å². The minimum Gasteiger partial charge on any atom is -0.497 e. The van der Waals surface area contributed by atoms with E-state index in [4.69, 9.17) is 9.47 Å². The van der Waals surface area contributed by atoms with Crippen molar-refractivity contribution >= 4 is 17.5 Å². The van der Waals surface area contributed by atoms with Gasteiger partial charge in [0.15, 0.2) is 6.10 Å². The Labute approximate surface area is 170 Å². The molecule has 0 bridgehead atoms. The molecule has 1 fully saturated rings.